The first kappa shape index (κ1) is 19.1. The van der Waals surface area contributed by atoms with Crippen molar-refractivity contribution in [1.29, 1.82) is 0 Å². The van der Waals surface area contributed by atoms with Crippen LogP contribution in [0.5, 0.6) is 5.75 Å². The Morgan fingerprint density at radius 2 is 1.93 bits per heavy atom. The number of aliphatic hydroxyl groups excluding tert-OH is 1. The molecule has 0 radical (unpaired) electrons. The number of hydrogen-bond donors (Lipinski definition) is 2. The maximum atomic E-state index is 12.2. The Balaban J connectivity index is 1.60. The van der Waals surface area contributed by atoms with Gasteiger partial charge in [0.05, 0.1) is 17.4 Å². The Kier molecular flexibility index (Phi) is 6.21. The van der Waals surface area contributed by atoms with Gasteiger partial charge in [0.25, 0.3) is 5.56 Å². The smallest absolute Gasteiger partial charge is 0.258 e. The van der Waals surface area contributed by atoms with E-state index in [4.69, 9.17) is 4.74 Å². The van der Waals surface area contributed by atoms with Gasteiger partial charge in [-0.25, -0.2) is 4.98 Å². The minimum Gasteiger partial charge on any atom is -0.491 e. The largest absolute Gasteiger partial charge is 0.491 e. The van der Waals surface area contributed by atoms with Gasteiger partial charge in [-0.3, -0.25) is 9.69 Å². The van der Waals surface area contributed by atoms with Crippen LogP contribution >= 0.6 is 0 Å². The van der Waals surface area contributed by atoms with Crippen molar-refractivity contribution in [2.24, 2.45) is 0 Å². The molecule has 6 heteroatoms. The molecule has 2 aromatic carbocycles. The molecule has 3 aromatic rings. The van der Waals surface area contributed by atoms with E-state index in [0.717, 1.165) is 17.9 Å². The van der Waals surface area contributed by atoms with Crippen molar-refractivity contribution >= 4 is 10.9 Å². The fourth-order valence-electron chi connectivity index (χ4n) is 2.90. The Bertz CT molecular complexity index is 937. The molecule has 27 heavy (non-hydrogen) atoms. The molecule has 0 bridgehead atoms. The van der Waals surface area contributed by atoms with E-state index in [2.05, 4.69) is 9.97 Å². The topological polar surface area (TPSA) is 78.5 Å². The summed E-state index contributed by atoms with van der Waals surface area (Å²) in [6.07, 6.45) is -0.640. The first-order valence-electron chi connectivity index (χ1n) is 9.13. The van der Waals surface area contributed by atoms with Gasteiger partial charge in [0, 0.05) is 6.54 Å². The highest BCUT2D eigenvalue weighted by molar-refractivity contribution is 5.77. The molecule has 0 amide bonds. The number of para-hydroxylation sites is 1. The van der Waals surface area contributed by atoms with Crippen LogP contribution in [0.25, 0.3) is 10.9 Å². The minimum atomic E-state index is -0.640. The summed E-state index contributed by atoms with van der Waals surface area (Å²) >= 11 is 0. The second-order valence-corrected chi connectivity index (χ2v) is 6.64. The van der Waals surface area contributed by atoms with E-state index < -0.39 is 6.10 Å². The van der Waals surface area contributed by atoms with Crippen molar-refractivity contribution < 1.29 is 9.84 Å². The normalized spacial score (nSPS) is 12.4. The molecule has 0 aliphatic carbocycles. The average molecular weight is 367 g/mol. The van der Waals surface area contributed by atoms with Crippen LogP contribution in [0, 0.1) is 6.92 Å². The molecule has 3 rings (SSSR count). The third kappa shape index (κ3) is 5.15. The number of aromatic nitrogens is 2. The Morgan fingerprint density at radius 1 is 1.19 bits per heavy atom. The van der Waals surface area contributed by atoms with Gasteiger partial charge < -0.3 is 14.8 Å². The number of benzene rings is 2. The summed E-state index contributed by atoms with van der Waals surface area (Å²) < 4.78 is 5.65. The first-order chi connectivity index (χ1) is 13.0. The Morgan fingerprint density at radius 3 is 2.67 bits per heavy atom. The first-order valence-corrected chi connectivity index (χ1v) is 9.13. The number of nitrogens with zero attached hydrogens (tertiary/aromatic N) is 2. The van der Waals surface area contributed by atoms with Crippen LogP contribution < -0.4 is 10.3 Å². The van der Waals surface area contributed by atoms with Gasteiger partial charge >= 0.3 is 0 Å². The highest BCUT2D eigenvalue weighted by Gasteiger charge is 2.13. The molecule has 1 atom stereocenters. The van der Waals surface area contributed by atoms with Crippen LogP contribution in [-0.4, -0.2) is 45.8 Å². The Labute approximate surface area is 158 Å². The lowest BCUT2D eigenvalue weighted by molar-refractivity contribution is 0.0666. The quantitative estimate of drug-likeness (QED) is 0.640. The van der Waals surface area contributed by atoms with Crippen LogP contribution in [-0.2, 0) is 6.54 Å². The Hall–Kier alpha value is -2.70. The van der Waals surface area contributed by atoms with Gasteiger partial charge in [-0.2, -0.15) is 0 Å². The number of aromatic amines is 1. The second-order valence-electron chi connectivity index (χ2n) is 6.64. The predicted molar refractivity (Wildman–Crippen MR) is 106 cm³/mol. The van der Waals surface area contributed by atoms with Gasteiger partial charge in [-0.15, -0.1) is 0 Å². The predicted octanol–water partition coefficient (Wildman–Crippen LogP) is 2.49. The third-order valence-electron chi connectivity index (χ3n) is 4.41. The number of likely N-dealkylation sites (N-methyl/N-ethyl adjacent to an activating group) is 1. The zero-order chi connectivity index (χ0) is 19.2. The minimum absolute atomic E-state index is 0.144. The fourth-order valence-corrected chi connectivity index (χ4v) is 2.90. The molecule has 0 fully saturated rings. The van der Waals surface area contributed by atoms with E-state index >= 15 is 0 Å². The molecule has 1 heterocycles. The van der Waals surface area contributed by atoms with E-state index in [1.165, 1.54) is 0 Å². The maximum absolute atomic E-state index is 12.2. The zero-order valence-electron chi connectivity index (χ0n) is 15.7. The van der Waals surface area contributed by atoms with Crippen molar-refractivity contribution in [2.45, 2.75) is 26.5 Å². The van der Waals surface area contributed by atoms with Crippen molar-refractivity contribution in [3.8, 4) is 5.75 Å². The van der Waals surface area contributed by atoms with Gasteiger partial charge in [0.2, 0.25) is 0 Å². The average Bonchev–Trinajstić information content (AvgIpc) is 2.67. The molecule has 0 saturated heterocycles. The highest BCUT2D eigenvalue weighted by atomic mass is 16.5. The van der Waals surface area contributed by atoms with Crippen LogP contribution in [0.4, 0.5) is 0 Å². The number of ether oxygens (including phenoxy) is 1. The molecule has 0 spiro atoms. The van der Waals surface area contributed by atoms with Crippen LogP contribution in [0.15, 0.2) is 53.3 Å². The van der Waals surface area contributed by atoms with Crippen molar-refractivity contribution in [2.75, 3.05) is 19.7 Å². The maximum Gasteiger partial charge on any atom is 0.258 e. The molecule has 142 valence electrons. The van der Waals surface area contributed by atoms with Crippen molar-refractivity contribution in [3.63, 3.8) is 0 Å². The number of nitrogens with one attached hydrogen (secondary N) is 1. The molecule has 0 saturated carbocycles. The molecular weight excluding hydrogens is 342 g/mol. The van der Waals surface area contributed by atoms with Crippen LogP contribution in [0.3, 0.4) is 0 Å². The van der Waals surface area contributed by atoms with E-state index in [1.807, 2.05) is 61.2 Å². The number of rotatable bonds is 8. The number of fused-ring (bicyclic) bond motifs is 1. The van der Waals surface area contributed by atoms with Crippen molar-refractivity contribution in [3.05, 3.63) is 70.3 Å². The van der Waals surface area contributed by atoms with E-state index in [9.17, 15) is 9.90 Å². The lowest BCUT2D eigenvalue weighted by Crippen LogP contribution is -2.36. The van der Waals surface area contributed by atoms with Gasteiger partial charge in [0.15, 0.2) is 0 Å². The molecular formula is C21H25N3O3. The summed E-state index contributed by atoms with van der Waals surface area (Å²) in [5.41, 5.74) is 1.70. The van der Waals surface area contributed by atoms with Crippen LogP contribution in [0.2, 0.25) is 0 Å². The van der Waals surface area contributed by atoms with Crippen molar-refractivity contribution in [1.82, 2.24) is 14.9 Å². The van der Waals surface area contributed by atoms with Crippen LogP contribution in [0.1, 0.15) is 18.3 Å². The number of hydrogen-bond acceptors (Lipinski definition) is 5. The third-order valence-corrected chi connectivity index (χ3v) is 4.41. The molecule has 2 N–H and O–H groups in total. The summed E-state index contributed by atoms with van der Waals surface area (Å²) in [4.78, 5) is 21.6. The van der Waals surface area contributed by atoms with E-state index in [0.29, 0.717) is 29.8 Å². The summed E-state index contributed by atoms with van der Waals surface area (Å²) in [6, 6.07) is 15.0. The lowest BCUT2D eigenvalue weighted by atomic mass is 10.2. The number of H-pyrrole nitrogens is 1. The van der Waals surface area contributed by atoms with E-state index in [1.54, 1.807) is 6.07 Å². The molecule has 6 nitrogen and oxygen atoms in total. The highest BCUT2D eigenvalue weighted by Crippen LogP contribution is 2.12. The number of aryl methyl sites for hydroxylation is 1. The van der Waals surface area contributed by atoms with Gasteiger partial charge in [-0.05, 0) is 37.7 Å². The standard InChI is InChI=1S/C21H25N3O3/c1-3-24(12-16(25)14-27-17-10-8-15(2)9-11-17)13-20-22-19-7-5-4-6-18(19)21(26)23-20/h4-11,16,25H,3,12-14H2,1-2H3,(H,22,23,26)/t16-/m0/s1. The monoisotopic (exact) mass is 367 g/mol. The summed E-state index contributed by atoms with van der Waals surface area (Å²) in [5, 5.41) is 10.9. The lowest BCUT2D eigenvalue weighted by Gasteiger charge is -2.23. The zero-order valence-corrected chi connectivity index (χ0v) is 15.7. The van der Waals surface area contributed by atoms with Gasteiger partial charge in [-0.1, -0.05) is 36.8 Å². The SMILES string of the molecule is CCN(Cc1nc2ccccc2c(=O)[nH]1)C[C@H](O)COc1ccc(C)cc1. The summed E-state index contributed by atoms with van der Waals surface area (Å²) in [7, 11) is 0. The second kappa shape index (κ2) is 8.79. The van der Waals surface area contributed by atoms with Gasteiger partial charge in [0.1, 0.15) is 24.3 Å². The molecule has 1 aromatic heterocycles. The number of aliphatic hydroxyl groups is 1. The van der Waals surface area contributed by atoms with E-state index in [-0.39, 0.29) is 12.2 Å². The summed E-state index contributed by atoms with van der Waals surface area (Å²) in [5.74, 6) is 1.33. The summed E-state index contributed by atoms with van der Waals surface area (Å²) in [6.45, 7) is 5.84. The molecule has 0 aliphatic heterocycles. The molecule has 0 aliphatic rings. The molecule has 0 unspecified atom stereocenters. The fraction of sp³-hybridized carbons (Fsp3) is 0.333.